The zero-order valence-corrected chi connectivity index (χ0v) is 18.8. The first-order chi connectivity index (χ1) is 15.6. The zero-order valence-electron chi connectivity index (χ0n) is 17.9. The lowest BCUT2D eigenvalue weighted by Gasteiger charge is -2.26. The van der Waals surface area contributed by atoms with Crippen LogP contribution in [0, 0.1) is 11.3 Å². The van der Waals surface area contributed by atoms with E-state index in [1.54, 1.807) is 13.0 Å². The molecule has 1 aliphatic heterocycles. The van der Waals surface area contributed by atoms with Crippen LogP contribution in [0.15, 0.2) is 22.1 Å². The minimum Gasteiger partial charge on any atom is -0.462 e. The molecule has 168 valence electrons. The summed E-state index contributed by atoms with van der Waals surface area (Å²) in [5.74, 6) is 0.0638. The van der Waals surface area contributed by atoms with Gasteiger partial charge in [0, 0.05) is 30.1 Å². The molecule has 9 heteroatoms. The summed E-state index contributed by atoms with van der Waals surface area (Å²) in [6.45, 7) is 4.71. The average Bonchev–Trinajstić information content (AvgIpc) is 3.42. The maximum atomic E-state index is 12.9. The molecule has 2 aliphatic rings. The second kappa shape index (κ2) is 10.0. The minimum atomic E-state index is -0.582. The average molecular weight is 456 g/mol. The molecule has 4 rings (SSSR count). The van der Waals surface area contributed by atoms with Crippen LogP contribution in [0.3, 0.4) is 0 Å². The Kier molecular flexibility index (Phi) is 6.93. The van der Waals surface area contributed by atoms with Gasteiger partial charge in [0.1, 0.15) is 22.4 Å². The number of amides is 1. The summed E-state index contributed by atoms with van der Waals surface area (Å²) in [6, 6.07) is 5.48. The van der Waals surface area contributed by atoms with E-state index in [4.69, 9.17) is 13.9 Å². The van der Waals surface area contributed by atoms with Crippen molar-refractivity contribution >= 4 is 40.2 Å². The van der Waals surface area contributed by atoms with Gasteiger partial charge in [0.2, 0.25) is 0 Å². The molecule has 1 amide bonds. The van der Waals surface area contributed by atoms with Crippen molar-refractivity contribution in [2.24, 2.45) is 0 Å². The molecule has 2 aromatic rings. The Morgan fingerprint density at radius 2 is 2.06 bits per heavy atom. The van der Waals surface area contributed by atoms with Gasteiger partial charge in [-0.25, -0.2) is 4.79 Å². The van der Waals surface area contributed by atoms with Gasteiger partial charge in [-0.2, -0.15) is 5.26 Å². The molecule has 0 unspecified atom stereocenters. The molecule has 1 saturated heterocycles. The Labute approximate surface area is 190 Å². The molecule has 0 aromatic carbocycles. The molecular formula is C23H25N3O5S. The van der Waals surface area contributed by atoms with Gasteiger partial charge in [0.05, 0.1) is 25.4 Å². The third-order valence-electron chi connectivity index (χ3n) is 5.46. The third-order valence-corrected chi connectivity index (χ3v) is 6.67. The molecule has 1 fully saturated rings. The summed E-state index contributed by atoms with van der Waals surface area (Å²) in [4.78, 5) is 28.6. The van der Waals surface area contributed by atoms with Crippen LogP contribution in [0.5, 0.6) is 0 Å². The summed E-state index contributed by atoms with van der Waals surface area (Å²) in [7, 11) is 0. The Hall–Kier alpha value is -3.09. The molecule has 0 atom stereocenters. The maximum absolute atomic E-state index is 12.9. The highest BCUT2D eigenvalue weighted by Crippen LogP contribution is 2.38. The number of carbonyl (C=O) groups is 2. The van der Waals surface area contributed by atoms with E-state index in [-0.39, 0.29) is 12.2 Å². The number of nitrogens with zero attached hydrogens (tertiary/aromatic N) is 2. The van der Waals surface area contributed by atoms with E-state index in [9.17, 15) is 14.9 Å². The lowest BCUT2D eigenvalue weighted by atomic mass is 9.95. The number of nitrogens with one attached hydrogen (secondary N) is 1. The van der Waals surface area contributed by atoms with Crippen LogP contribution in [0.4, 0.5) is 10.9 Å². The molecule has 1 N–H and O–H groups in total. The molecular weight excluding hydrogens is 430 g/mol. The summed E-state index contributed by atoms with van der Waals surface area (Å²) in [5, 5.41) is 12.8. The van der Waals surface area contributed by atoms with E-state index in [1.165, 1.54) is 17.4 Å². The standard InChI is InChI=1S/C23H25N3O5S/c1-2-30-23(28)20-17-5-3-4-6-18(17)32-22(20)25-21(27)15(14-24)13-16-7-8-19(31-16)26-9-11-29-12-10-26/h7-8,13H,2-6,9-12H2,1H3,(H,25,27)/b15-13-. The fourth-order valence-electron chi connectivity index (χ4n) is 3.91. The second-order valence-electron chi connectivity index (χ2n) is 7.53. The van der Waals surface area contributed by atoms with Crippen molar-refractivity contribution in [1.29, 1.82) is 5.26 Å². The molecule has 0 spiro atoms. The predicted molar refractivity (Wildman–Crippen MR) is 121 cm³/mol. The quantitative estimate of drug-likeness (QED) is 0.401. The van der Waals surface area contributed by atoms with Crippen molar-refractivity contribution in [3.8, 4) is 6.07 Å². The largest absolute Gasteiger partial charge is 0.462 e. The first kappa shape index (κ1) is 22.1. The molecule has 2 aromatic heterocycles. The summed E-state index contributed by atoms with van der Waals surface area (Å²) in [5.41, 5.74) is 1.28. The lowest BCUT2D eigenvalue weighted by molar-refractivity contribution is -0.112. The molecule has 1 aliphatic carbocycles. The van der Waals surface area contributed by atoms with E-state index < -0.39 is 11.9 Å². The van der Waals surface area contributed by atoms with Crippen LogP contribution in [-0.4, -0.2) is 44.8 Å². The minimum absolute atomic E-state index is 0.103. The number of hydrogen-bond donors (Lipinski definition) is 1. The van der Waals surface area contributed by atoms with Gasteiger partial charge in [-0.3, -0.25) is 4.79 Å². The number of aryl methyl sites for hydroxylation is 1. The van der Waals surface area contributed by atoms with E-state index in [1.807, 2.05) is 12.1 Å². The fourth-order valence-corrected chi connectivity index (χ4v) is 5.18. The highest BCUT2D eigenvalue weighted by atomic mass is 32.1. The van der Waals surface area contributed by atoms with Crippen LogP contribution >= 0.6 is 11.3 Å². The monoisotopic (exact) mass is 455 g/mol. The van der Waals surface area contributed by atoms with E-state index in [0.717, 1.165) is 49.2 Å². The number of morpholine rings is 1. The summed E-state index contributed by atoms with van der Waals surface area (Å²) in [6.07, 6.45) is 5.12. The highest BCUT2D eigenvalue weighted by Gasteiger charge is 2.28. The Bertz CT molecular complexity index is 1070. The highest BCUT2D eigenvalue weighted by molar-refractivity contribution is 7.17. The first-order valence-corrected chi connectivity index (χ1v) is 11.6. The van der Waals surface area contributed by atoms with Gasteiger partial charge in [-0.1, -0.05) is 0 Å². The zero-order chi connectivity index (χ0) is 22.5. The SMILES string of the molecule is CCOC(=O)c1c(NC(=O)/C(C#N)=C\c2ccc(N3CCOCC3)o2)sc2c1CCCC2. The molecule has 0 radical (unpaired) electrons. The van der Waals surface area contributed by atoms with Crippen molar-refractivity contribution < 1.29 is 23.5 Å². The number of fused-ring (bicyclic) bond motifs is 1. The van der Waals surface area contributed by atoms with Gasteiger partial charge >= 0.3 is 5.97 Å². The van der Waals surface area contributed by atoms with Crippen LogP contribution < -0.4 is 10.2 Å². The topological polar surface area (TPSA) is 105 Å². The van der Waals surface area contributed by atoms with Gasteiger partial charge in [0.25, 0.3) is 5.91 Å². The number of furan rings is 1. The number of anilines is 2. The number of carbonyl (C=O) groups excluding carboxylic acids is 2. The Balaban J connectivity index is 1.55. The van der Waals surface area contributed by atoms with E-state index in [2.05, 4.69) is 10.2 Å². The summed E-state index contributed by atoms with van der Waals surface area (Å²) >= 11 is 1.39. The van der Waals surface area contributed by atoms with Gasteiger partial charge < -0.3 is 24.1 Å². The normalized spacial score (nSPS) is 16.2. The van der Waals surface area contributed by atoms with Crippen LogP contribution in [-0.2, 0) is 27.1 Å². The van der Waals surface area contributed by atoms with Crippen molar-refractivity contribution in [3.63, 3.8) is 0 Å². The van der Waals surface area contributed by atoms with Gasteiger partial charge in [-0.15, -0.1) is 11.3 Å². The molecule has 32 heavy (non-hydrogen) atoms. The van der Waals surface area contributed by atoms with Crippen molar-refractivity contribution in [2.45, 2.75) is 32.6 Å². The second-order valence-corrected chi connectivity index (χ2v) is 8.64. The molecule has 0 bridgehead atoms. The number of rotatable bonds is 6. The van der Waals surface area contributed by atoms with Crippen LogP contribution in [0.1, 0.15) is 46.3 Å². The maximum Gasteiger partial charge on any atom is 0.341 e. The molecule has 0 saturated carbocycles. The number of nitriles is 1. The van der Waals surface area contributed by atoms with E-state index in [0.29, 0.717) is 35.4 Å². The van der Waals surface area contributed by atoms with Crippen molar-refractivity contribution in [3.05, 3.63) is 39.5 Å². The summed E-state index contributed by atoms with van der Waals surface area (Å²) < 4.78 is 16.4. The third kappa shape index (κ3) is 4.71. The molecule has 3 heterocycles. The lowest BCUT2D eigenvalue weighted by Crippen LogP contribution is -2.35. The Morgan fingerprint density at radius 1 is 1.28 bits per heavy atom. The van der Waals surface area contributed by atoms with Gasteiger partial charge in [-0.05, 0) is 44.2 Å². The fraction of sp³-hybridized carbons (Fsp3) is 0.435. The number of hydrogen-bond acceptors (Lipinski definition) is 8. The van der Waals surface area contributed by atoms with Gasteiger partial charge in [0.15, 0.2) is 5.88 Å². The first-order valence-electron chi connectivity index (χ1n) is 10.8. The number of thiophene rings is 1. The number of esters is 1. The smallest absolute Gasteiger partial charge is 0.341 e. The van der Waals surface area contributed by atoms with Crippen molar-refractivity contribution in [2.75, 3.05) is 43.1 Å². The van der Waals surface area contributed by atoms with Crippen LogP contribution in [0.25, 0.3) is 6.08 Å². The van der Waals surface area contributed by atoms with Crippen LogP contribution in [0.2, 0.25) is 0 Å². The van der Waals surface area contributed by atoms with Crippen molar-refractivity contribution in [1.82, 2.24) is 0 Å². The molecule has 8 nitrogen and oxygen atoms in total. The van der Waals surface area contributed by atoms with E-state index >= 15 is 0 Å². The Morgan fingerprint density at radius 3 is 2.81 bits per heavy atom. The predicted octanol–water partition coefficient (Wildman–Crippen LogP) is 3.78. The number of ether oxygens (including phenoxy) is 2.